The van der Waals surface area contributed by atoms with Crippen LogP contribution in [0.25, 0.3) is 0 Å². The average molecular weight is 248 g/mol. The van der Waals surface area contributed by atoms with Crippen LogP contribution in [0.5, 0.6) is 11.5 Å². The number of hydrogen-bond donors (Lipinski definition) is 1. The summed E-state index contributed by atoms with van der Waals surface area (Å²) in [6.45, 7) is 0. The van der Waals surface area contributed by atoms with E-state index in [0.29, 0.717) is 0 Å². The lowest BCUT2D eigenvalue weighted by molar-refractivity contribution is 0.127. The molecule has 3 nitrogen and oxygen atoms in total. The predicted octanol–water partition coefficient (Wildman–Crippen LogP) is -5.49. The molecule has 1 aliphatic heterocycles. The highest BCUT2D eigenvalue weighted by Crippen LogP contribution is 2.52. The van der Waals surface area contributed by atoms with Crippen LogP contribution in [0.4, 0.5) is 0 Å². The normalized spacial score (nSPS) is 25.1. The highest BCUT2D eigenvalue weighted by Gasteiger charge is 2.56. The Morgan fingerprint density at radius 3 is 1.63 bits per heavy atom. The van der Waals surface area contributed by atoms with Gasteiger partial charge >= 0.3 is 0 Å². The molecule has 2 aliphatic rings. The number of ether oxygens (including phenoxy) is 2. The lowest BCUT2D eigenvalue weighted by Crippen LogP contribution is -2.67. The third kappa shape index (κ3) is 1.40. The molecule has 1 aromatic carbocycles. The summed E-state index contributed by atoms with van der Waals surface area (Å²) in [7, 11) is 12.9. The van der Waals surface area contributed by atoms with Crippen LogP contribution < -0.4 is 15.2 Å². The Kier molecular flexibility index (Phi) is 2.38. The molecule has 3 rings (SSSR count). The first-order chi connectivity index (χ1) is 8.59. The number of nitrogens with two attached hydrogens (primary N) is 1. The maximum Gasteiger partial charge on any atom is 0.207 e. The Hall–Kier alpha value is -0.830. The van der Waals surface area contributed by atoms with Crippen molar-refractivity contribution in [3.8, 4) is 11.5 Å². The van der Waals surface area contributed by atoms with Gasteiger partial charge in [0.15, 0.2) is 17.7 Å². The van der Waals surface area contributed by atoms with Crippen LogP contribution in [0.3, 0.4) is 0 Å². The van der Waals surface area contributed by atoms with E-state index < -0.39 is 0 Å². The molecule has 0 saturated carbocycles. The van der Waals surface area contributed by atoms with Crippen molar-refractivity contribution in [1.82, 2.24) is 0 Å². The second-order valence-electron chi connectivity index (χ2n) is 7.10. The van der Waals surface area contributed by atoms with Crippen LogP contribution in [-0.2, 0) is 10.4 Å². The first kappa shape index (κ1) is 13.2. The Morgan fingerprint density at radius 2 is 1.26 bits per heavy atom. The van der Waals surface area contributed by atoms with E-state index in [1.54, 1.807) is 0 Å². The van der Waals surface area contributed by atoms with Gasteiger partial charge in [-0.3, -0.25) is 0 Å². The summed E-state index contributed by atoms with van der Waals surface area (Å²) in [5, 5.41) is -0.202. The third-order valence-corrected chi connectivity index (χ3v) is 5.61. The number of fused-ring (bicyclic) bond motifs is 2. The molecule has 0 saturated heterocycles. The fourth-order valence-electron chi connectivity index (χ4n) is 3.50. The van der Waals surface area contributed by atoms with Gasteiger partial charge in [0.25, 0.3) is 0 Å². The molecule has 9 heteroatoms. The van der Waals surface area contributed by atoms with Crippen LogP contribution in [0.1, 0.15) is 11.1 Å². The summed E-state index contributed by atoms with van der Waals surface area (Å²) in [6, 6.07) is 4.24. The van der Waals surface area contributed by atoms with Crippen molar-refractivity contribution in [3.05, 3.63) is 23.3 Å². The molecule has 2 N–H and O–H groups in total. The second-order valence-corrected chi connectivity index (χ2v) is 7.10. The molecular weight excluding hydrogens is 231 g/mol. The van der Waals surface area contributed by atoms with Crippen LogP contribution in [0, 0.1) is 0 Å². The highest BCUT2D eigenvalue weighted by molar-refractivity contribution is 6.54. The molecular formula is C10H17B6NO2. The topological polar surface area (TPSA) is 44.5 Å². The summed E-state index contributed by atoms with van der Waals surface area (Å²) in [4.78, 5) is 0. The predicted molar refractivity (Wildman–Crippen MR) is 93.0 cm³/mol. The van der Waals surface area contributed by atoms with E-state index in [4.69, 9.17) is 15.2 Å². The number of benzene rings is 1. The molecule has 0 amide bonds. The first-order valence-electron chi connectivity index (χ1n) is 6.90. The quantitative estimate of drug-likeness (QED) is 0.466. The first-order valence-corrected chi connectivity index (χ1v) is 6.90. The van der Waals surface area contributed by atoms with E-state index in [1.807, 2.05) is 7.85 Å². The van der Waals surface area contributed by atoms with Crippen LogP contribution in [0.15, 0.2) is 12.1 Å². The molecule has 0 fully saturated rings. The molecule has 0 radical (unpaired) electrons. The van der Waals surface area contributed by atoms with Gasteiger partial charge in [0, 0.05) is 0 Å². The standard InChI is InChI=1S/C10H17B6NO2/c11-7-18-5-1-3-4(2-6(5)19-7)9(14,15)10(16,17)8(3,12)13/h1-2,7H,11-17H2. The smallest absolute Gasteiger partial charge is 0.207 e. The van der Waals surface area contributed by atoms with Gasteiger partial charge in [-0.25, -0.2) is 0 Å². The van der Waals surface area contributed by atoms with Crippen LogP contribution >= 0.6 is 0 Å². The third-order valence-electron chi connectivity index (χ3n) is 5.61. The van der Waals surface area contributed by atoms with Gasteiger partial charge in [-0.1, -0.05) is 21.6 Å². The SMILES string of the molecule is BC1Oc2cc3c(cc2O1)C(B)(B)C(B)(N)C3(B)B. The van der Waals surface area contributed by atoms with Crippen LogP contribution in [0.2, 0.25) is 0 Å². The Morgan fingerprint density at radius 1 is 0.895 bits per heavy atom. The monoisotopic (exact) mass is 249 g/mol. The maximum absolute atomic E-state index is 6.69. The molecule has 0 aromatic heterocycles. The lowest BCUT2D eigenvalue weighted by atomic mass is 9.30. The van der Waals surface area contributed by atoms with Crippen molar-refractivity contribution in [2.45, 2.75) is 22.1 Å². The van der Waals surface area contributed by atoms with Crippen molar-refractivity contribution in [1.29, 1.82) is 0 Å². The highest BCUT2D eigenvalue weighted by atomic mass is 16.7. The van der Waals surface area contributed by atoms with Crippen molar-refractivity contribution in [3.63, 3.8) is 0 Å². The minimum atomic E-state index is -0.316. The van der Waals surface area contributed by atoms with Crippen LogP contribution in [-0.4, -0.2) is 58.7 Å². The molecule has 1 heterocycles. The molecule has 92 valence electrons. The average Bonchev–Trinajstić information content (AvgIpc) is 2.68. The molecule has 1 aromatic rings. The number of rotatable bonds is 0. The van der Waals surface area contributed by atoms with E-state index in [2.05, 4.69) is 51.4 Å². The van der Waals surface area contributed by atoms with Gasteiger partial charge in [0.05, 0.1) is 0 Å². The van der Waals surface area contributed by atoms with E-state index in [-0.39, 0.29) is 22.1 Å². The Balaban J connectivity index is 2.26. The van der Waals surface area contributed by atoms with Crippen molar-refractivity contribution in [2.24, 2.45) is 5.73 Å². The second kappa shape index (κ2) is 3.43. The maximum atomic E-state index is 6.69. The van der Waals surface area contributed by atoms with Gasteiger partial charge in [0.2, 0.25) is 7.85 Å². The summed E-state index contributed by atoms with van der Waals surface area (Å²) in [5.74, 6) is 1.68. The fraction of sp³-hybridized carbons (Fsp3) is 0.400. The molecule has 0 atom stereocenters. The van der Waals surface area contributed by atoms with E-state index >= 15 is 0 Å². The zero-order valence-corrected chi connectivity index (χ0v) is 12.6. The van der Waals surface area contributed by atoms with Gasteiger partial charge < -0.3 is 15.2 Å². The molecule has 19 heavy (non-hydrogen) atoms. The summed E-state index contributed by atoms with van der Waals surface area (Å²) in [5.41, 5.74) is 8.93. The minimum Gasteiger partial charge on any atom is -0.460 e. The van der Waals surface area contributed by atoms with E-state index in [9.17, 15) is 0 Å². The summed E-state index contributed by atoms with van der Waals surface area (Å²) < 4.78 is 11.4. The van der Waals surface area contributed by atoms with Gasteiger partial charge in [-0.05, 0) is 17.6 Å². The molecule has 1 aliphatic carbocycles. The van der Waals surface area contributed by atoms with Gasteiger partial charge in [-0.2, -0.15) is 0 Å². The van der Waals surface area contributed by atoms with Gasteiger partial charge in [-0.15, -0.1) is 0 Å². The largest absolute Gasteiger partial charge is 0.460 e. The van der Waals surface area contributed by atoms with Crippen molar-refractivity contribution >= 4 is 47.1 Å². The van der Waals surface area contributed by atoms with Crippen molar-refractivity contribution < 1.29 is 9.47 Å². The fourth-order valence-corrected chi connectivity index (χ4v) is 3.50. The number of hydrogen-bond acceptors (Lipinski definition) is 3. The van der Waals surface area contributed by atoms with Crippen molar-refractivity contribution in [2.75, 3.05) is 0 Å². The summed E-state index contributed by atoms with van der Waals surface area (Å²) >= 11 is 0. The summed E-state index contributed by atoms with van der Waals surface area (Å²) in [6.07, 6.45) is -0.201. The Labute approximate surface area is 119 Å². The lowest BCUT2D eigenvalue weighted by Gasteiger charge is -2.45. The molecule has 0 unspecified atom stereocenters. The zero-order valence-electron chi connectivity index (χ0n) is 12.6. The minimum absolute atomic E-state index is 0.101. The van der Waals surface area contributed by atoms with E-state index in [1.165, 1.54) is 11.1 Å². The molecule has 0 bridgehead atoms. The van der Waals surface area contributed by atoms with E-state index in [0.717, 1.165) is 11.5 Å². The Bertz CT molecular complexity index is 526. The zero-order chi connectivity index (χ0) is 14.2. The molecule has 0 spiro atoms. The van der Waals surface area contributed by atoms with Gasteiger partial charge in [0.1, 0.15) is 39.2 Å².